The van der Waals surface area contributed by atoms with E-state index < -0.39 is 9.84 Å². The molecule has 1 atom stereocenters. The van der Waals surface area contributed by atoms with Crippen LogP contribution in [0.3, 0.4) is 0 Å². The minimum atomic E-state index is -3.09. The van der Waals surface area contributed by atoms with Crippen molar-refractivity contribution in [1.82, 2.24) is 10.5 Å². The van der Waals surface area contributed by atoms with Gasteiger partial charge in [0.2, 0.25) is 0 Å². The number of fused-ring (bicyclic) bond motifs is 1. The Labute approximate surface area is 137 Å². The topological polar surface area (TPSA) is 72.2 Å². The molecule has 0 fully saturated rings. The molecule has 1 heterocycles. The first-order chi connectivity index (χ1) is 11.0. The molecule has 23 heavy (non-hydrogen) atoms. The van der Waals surface area contributed by atoms with Crippen LogP contribution in [0.5, 0.6) is 0 Å². The molecule has 0 saturated heterocycles. The number of aryl methyl sites for hydroxylation is 1. The third-order valence-corrected chi connectivity index (χ3v) is 5.16. The Morgan fingerprint density at radius 1 is 1.22 bits per heavy atom. The lowest BCUT2D eigenvalue weighted by atomic mass is 9.96. The Morgan fingerprint density at radius 3 is 2.70 bits per heavy atom. The third kappa shape index (κ3) is 4.20. The van der Waals surface area contributed by atoms with Crippen LogP contribution in [0, 0.1) is 0 Å². The van der Waals surface area contributed by atoms with E-state index in [4.69, 9.17) is 4.52 Å². The van der Waals surface area contributed by atoms with Crippen molar-refractivity contribution in [3.8, 4) is 0 Å². The van der Waals surface area contributed by atoms with Gasteiger partial charge < -0.3 is 9.84 Å². The van der Waals surface area contributed by atoms with E-state index in [1.165, 1.54) is 11.8 Å². The Kier molecular flexibility index (Phi) is 4.82. The van der Waals surface area contributed by atoms with Crippen molar-refractivity contribution in [2.45, 2.75) is 38.3 Å². The van der Waals surface area contributed by atoms with Gasteiger partial charge in [-0.15, -0.1) is 0 Å². The van der Waals surface area contributed by atoms with Crippen molar-refractivity contribution in [2.75, 3.05) is 12.0 Å². The predicted octanol–water partition coefficient (Wildman–Crippen LogP) is 2.43. The molecule has 0 unspecified atom stereocenters. The maximum atomic E-state index is 11.7. The molecular weight excluding hydrogens is 312 g/mol. The average Bonchev–Trinajstić information content (AvgIpc) is 2.94. The summed E-state index contributed by atoms with van der Waals surface area (Å²) in [5, 5.41) is 7.52. The molecular formula is C17H22N2O3S. The number of nitrogens with one attached hydrogen (secondary N) is 1. The predicted molar refractivity (Wildman–Crippen MR) is 88.9 cm³/mol. The zero-order valence-electron chi connectivity index (χ0n) is 13.3. The average molecular weight is 334 g/mol. The molecule has 124 valence electrons. The van der Waals surface area contributed by atoms with Gasteiger partial charge in [0.05, 0.1) is 5.75 Å². The van der Waals surface area contributed by atoms with Gasteiger partial charge in [0.15, 0.2) is 0 Å². The molecule has 1 aliphatic carbocycles. The van der Waals surface area contributed by atoms with E-state index in [1.54, 1.807) is 0 Å². The monoisotopic (exact) mass is 334 g/mol. The largest absolute Gasteiger partial charge is 0.361 e. The van der Waals surface area contributed by atoms with E-state index in [1.807, 2.05) is 30.3 Å². The summed E-state index contributed by atoms with van der Waals surface area (Å²) in [5.74, 6) is 1.06. The molecule has 0 bridgehead atoms. The highest BCUT2D eigenvalue weighted by molar-refractivity contribution is 7.90. The lowest BCUT2D eigenvalue weighted by molar-refractivity contribution is 0.365. The Balaban J connectivity index is 1.75. The fourth-order valence-corrected chi connectivity index (χ4v) is 3.98. The van der Waals surface area contributed by atoms with E-state index in [-0.39, 0.29) is 11.8 Å². The van der Waals surface area contributed by atoms with Crippen LogP contribution >= 0.6 is 0 Å². The van der Waals surface area contributed by atoms with Crippen LogP contribution in [-0.2, 0) is 29.2 Å². The molecule has 6 heteroatoms. The number of rotatable bonds is 6. The second-order valence-electron chi connectivity index (χ2n) is 6.17. The van der Waals surface area contributed by atoms with Crippen LogP contribution in [0.25, 0.3) is 0 Å². The molecule has 0 saturated carbocycles. The van der Waals surface area contributed by atoms with E-state index in [0.29, 0.717) is 6.54 Å². The van der Waals surface area contributed by atoms with Crippen molar-refractivity contribution in [3.05, 3.63) is 52.9 Å². The van der Waals surface area contributed by atoms with Gasteiger partial charge in [-0.2, -0.15) is 0 Å². The lowest BCUT2D eigenvalue weighted by Gasteiger charge is -2.18. The van der Waals surface area contributed by atoms with E-state index in [9.17, 15) is 8.42 Å². The summed E-state index contributed by atoms with van der Waals surface area (Å²) in [6, 6.07) is 9.41. The molecule has 1 N–H and O–H groups in total. The fourth-order valence-electron chi connectivity index (χ4n) is 3.07. The Hall–Kier alpha value is -1.66. The fraction of sp³-hybridized carbons (Fsp3) is 0.471. The molecule has 1 aliphatic rings. The maximum Gasteiger partial charge on any atom is 0.149 e. The van der Waals surface area contributed by atoms with Crippen molar-refractivity contribution in [2.24, 2.45) is 0 Å². The quantitative estimate of drug-likeness (QED) is 0.878. The van der Waals surface area contributed by atoms with Gasteiger partial charge in [-0.05, 0) is 24.8 Å². The molecule has 2 aromatic rings. The van der Waals surface area contributed by atoms with Gasteiger partial charge in [-0.1, -0.05) is 35.5 Å². The van der Waals surface area contributed by atoms with Crippen molar-refractivity contribution in [3.63, 3.8) is 0 Å². The lowest BCUT2D eigenvalue weighted by Crippen LogP contribution is -2.28. The van der Waals surface area contributed by atoms with E-state index in [0.717, 1.165) is 42.7 Å². The van der Waals surface area contributed by atoms with Crippen LogP contribution in [0.2, 0.25) is 0 Å². The maximum absolute atomic E-state index is 11.7. The van der Waals surface area contributed by atoms with Crippen LogP contribution < -0.4 is 5.32 Å². The first-order valence-corrected chi connectivity index (χ1v) is 10.0. The zero-order valence-corrected chi connectivity index (χ0v) is 14.1. The van der Waals surface area contributed by atoms with Crippen LogP contribution in [0.1, 0.15) is 41.5 Å². The molecule has 0 radical (unpaired) electrons. The van der Waals surface area contributed by atoms with Crippen LogP contribution in [0.4, 0.5) is 0 Å². The number of benzene rings is 1. The van der Waals surface area contributed by atoms with Gasteiger partial charge in [0.25, 0.3) is 0 Å². The van der Waals surface area contributed by atoms with Crippen molar-refractivity contribution < 1.29 is 12.9 Å². The van der Waals surface area contributed by atoms with Gasteiger partial charge in [-0.25, -0.2) is 8.42 Å². The van der Waals surface area contributed by atoms with Crippen LogP contribution in [-0.4, -0.2) is 25.6 Å². The summed E-state index contributed by atoms with van der Waals surface area (Å²) in [7, 11) is -3.09. The minimum Gasteiger partial charge on any atom is -0.361 e. The third-order valence-electron chi connectivity index (χ3n) is 4.22. The second-order valence-corrected chi connectivity index (χ2v) is 8.36. The smallest absolute Gasteiger partial charge is 0.149 e. The SMILES string of the molecule is CS(=O)(=O)C[C@H](NCc1noc2c1CCCC2)c1ccccc1. The Morgan fingerprint density at radius 2 is 1.96 bits per heavy atom. The summed E-state index contributed by atoms with van der Waals surface area (Å²) in [4.78, 5) is 0. The van der Waals surface area contributed by atoms with Gasteiger partial charge in [0, 0.05) is 30.8 Å². The zero-order chi connectivity index (χ0) is 16.3. The number of aromatic nitrogens is 1. The van der Waals surface area contributed by atoms with E-state index >= 15 is 0 Å². The standard InChI is InChI=1S/C17H22N2O3S/c1-23(20,21)12-16(13-7-3-2-4-8-13)18-11-15-14-9-5-6-10-17(14)22-19-15/h2-4,7-8,16,18H,5-6,9-12H2,1H3/t16-/m0/s1. The second kappa shape index (κ2) is 6.84. The number of sulfone groups is 1. The molecule has 3 rings (SSSR count). The summed E-state index contributed by atoms with van der Waals surface area (Å²) >= 11 is 0. The van der Waals surface area contributed by atoms with Crippen molar-refractivity contribution >= 4 is 9.84 Å². The Bertz CT molecular complexity index is 753. The highest BCUT2D eigenvalue weighted by Gasteiger charge is 2.22. The highest BCUT2D eigenvalue weighted by atomic mass is 32.2. The van der Waals surface area contributed by atoms with Gasteiger partial charge in [-0.3, -0.25) is 0 Å². The molecule has 1 aromatic carbocycles. The first-order valence-electron chi connectivity index (χ1n) is 7.95. The summed E-state index contributed by atoms with van der Waals surface area (Å²) in [5.41, 5.74) is 3.08. The van der Waals surface area contributed by atoms with Crippen LogP contribution in [0.15, 0.2) is 34.9 Å². The van der Waals surface area contributed by atoms with E-state index in [2.05, 4.69) is 10.5 Å². The van der Waals surface area contributed by atoms with Gasteiger partial charge in [0.1, 0.15) is 21.3 Å². The molecule has 0 aliphatic heterocycles. The number of hydrogen-bond donors (Lipinski definition) is 1. The summed E-state index contributed by atoms with van der Waals surface area (Å²) in [6.45, 7) is 0.522. The molecule has 0 amide bonds. The molecule has 5 nitrogen and oxygen atoms in total. The number of nitrogens with zero attached hydrogens (tertiary/aromatic N) is 1. The normalized spacial score (nSPS) is 16.0. The number of hydrogen-bond acceptors (Lipinski definition) is 5. The van der Waals surface area contributed by atoms with Gasteiger partial charge >= 0.3 is 0 Å². The first kappa shape index (κ1) is 16.2. The minimum absolute atomic E-state index is 0.0665. The molecule has 1 aromatic heterocycles. The molecule has 0 spiro atoms. The summed E-state index contributed by atoms with van der Waals surface area (Å²) in [6.07, 6.45) is 5.52. The highest BCUT2D eigenvalue weighted by Crippen LogP contribution is 2.25. The summed E-state index contributed by atoms with van der Waals surface area (Å²) < 4.78 is 28.9. The van der Waals surface area contributed by atoms with Crippen molar-refractivity contribution in [1.29, 1.82) is 0 Å².